The highest BCUT2D eigenvalue weighted by Gasteiger charge is 2.09. The second kappa shape index (κ2) is 6.32. The fourth-order valence-corrected chi connectivity index (χ4v) is 2.09. The van der Waals surface area contributed by atoms with Crippen molar-refractivity contribution >= 4 is 29.1 Å². The molecule has 3 aromatic rings. The number of benzene rings is 1. The molecule has 0 spiro atoms. The summed E-state index contributed by atoms with van der Waals surface area (Å²) in [4.78, 5) is 19.1. The molecule has 2 heterocycles. The second-order valence-corrected chi connectivity index (χ2v) is 4.41. The van der Waals surface area contributed by atoms with Gasteiger partial charge in [-0.2, -0.15) is 0 Å². The minimum Gasteiger partial charge on any atom is -0.439 e. The zero-order valence-corrected chi connectivity index (χ0v) is 11.9. The molecule has 0 N–H and O–H groups in total. The number of nitro benzene ring substituents is 1. The molecule has 1 aromatic carbocycles. The van der Waals surface area contributed by atoms with Gasteiger partial charge in [-0.25, -0.2) is 4.57 Å². The molecule has 6 nitrogen and oxygen atoms in total. The standard InChI is InChI=1S/C14H12N4O2.ClH/c19-18(20)12-6-4-5-11-14(12)16-13(15-11)7-10-17-8-2-1-3-9-17;/h1-6,8-9H,7,10H2;1H. The van der Waals surface area contributed by atoms with Crippen LogP contribution in [-0.2, 0) is 13.0 Å². The molecule has 2 aromatic heterocycles. The van der Waals surface area contributed by atoms with E-state index in [0.29, 0.717) is 23.3 Å². The van der Waals surface area contributed by atoms with E-state index in [4.69, 9.17) is 0 Å². The molecule has 0 saturated heterocycles. The van der Waals surface area contributed by atoms with E-state index in [0.717, 1.165) is 6.54 Å². The number of hydrogen-bond acceptors (Lipinski definition) is 3. The van der Waals surface area contributed by atoms with Crippen molar-refractivity contribution in [1.82, 2.24) is 9.97 Å². The lowest BCUT2D eigenvalue weighted by Crippen LogP contribution is -2.33. The van der Waals surface area contributed by atoms with E-state index in [1.165, 1.54) is 6.07 Å². The van der Waals surface area contributed by atoms with Crippen LogP contribution in [0.1, 0.15) is 5.82 Å². The Kier molecular flexibility index (Phi) is 4.49. The summed E-state index contributed by atoms with van der Waals surface area (Å²) >= 11 is 0. The SMILES string of the molecule is Cl.O=[N+]([O-])c1cccc2nc(CC[n+]3ccccc3)[n-]c12. The molecule has 0 atom stereocenters. The van der Waals surface area contributed by atoms with Crippen molar-refractivity contribution in [3.8, 4) is 0 Å². The van der Waals surface area contributed by atoms with Gasteiger partial charge in [0, 0.05) is 30.1 Å². The summed E-state index contributed by atoms with van der Waals surface area (Å²) in [6.07, 6.45) is 4.57. The average molecular weight is 305 g/mol. The Morgan fingerprint density at radius 1 is 1.19 bits per heavy atom. The van der Waals surface area contributed by atoms with Crippen LogP contribution in [0, 0.1) is 10.1 Å². The first-order valence-electron chi connectivity index (χ1n) is 6.25. The molecule has 0 aliphatic rings. The maximum Gasteiger partial charge on any atom is 0.272 e. The number of fused-ring (bicyclic) bond motifs is 1. The topological polar surface area (TPSA) is 74.0 Å². The Labute approximate surface area is 127 Å². The zero-order chi connectivity index (χ0) is 13.9. The van der Waals surface area contributed by atoms with E-state index >= 15 is 0 Å². The number of pyridine rings is 1. The Morgan fingerprint density at radius 3 is 2.67 bits per heavy atom. The molecule has 0 saturated carbocycles. The number of nitro groups is 1. The van der Waals surface area contributed by atoms with Crippen LogP contribution in [0.4, 0.5) is 5.69 Å². The third-order valence-electron chi connectivity index (χ3n) is 3.05. The van der Waals surface area contributed by atoms with E-state index in [2.05, 4.69) is 9.97 Å². The Hall–Kier alpha value is -2.47. The second-order valence-electron chi connectivity index (χ2n) is 4.41. The van der Waals surface area contributed by atoms with Crippen LogP contribution >= 0.6 is 12.4 Å². The number of para-hydroxylation sites is 1. The number of non-ortho nitro benzene ring substituents is 1. The molecule has 0 amide bonds. The number of imidazole rings is 1. The normalized spacial score (nSPS) is 10.3. The third kappa shape index (κ3) is 3.17. The minimum atomic E-state index is -0.424. The highest BCUT2D eigenvalue weighted by molar-refractivity contribution is 5.85. The summed E-state index contributed by atoms with van der Waals surface area (Å²) in [5, 5.41) is 10.9. The van der Waals surface area contributed by atoms with Crippen LogP contribution < -0.4 is 9.55 Å². The van der Waals surface area contributed by atoms with Gasteiger partial charge in [-0.05, 0) is 5.52 Å². The molecule has 7 heteroatoms. The van der Waals surface area contributed by atoms with Gasteiger partial charge in [0.25, 0.3) is 5.69 Å². The molecule has 0 aliphatic carbocycles. The summed E-state index contributed by atoms with van der Waals surface area (Å²) in [5.41, 5.74) is 0.950. The molecular weight excluding hydrogens is 292 g/mol. The van der Waals surface area contributed by atoms with E-state index in [1.54, 1.807) is 12.1 Å². The summed E-state index contributed by atoms with van der Waals surface area (Å²) < 4.78 is 2.02. The Morgan fingerprint density at radius 2 is 1.95 bits per heavy atom. The molecule has 0 fully saturated rings. The molecule has 0 bridgehead atoms. The largest absolute Gasteiger partial charge is 0.439 e. The highest BCUT2D eigenvalue weighted by Crippen LogP contribution is 2.22. The molecule has 0 unspecified atom stereocenters. The molecule has 0 aliphatic heterocycles. The van der Waals surface area contributed by atoms with Crippen LogP contribution in [0.2, 0.25) is 0 Å². The van der Waals surface area contributed by atoms with Gasteiger partial charge in [-0.3, -0.25) is 10.1 Å². The monoisotopic (exact) mass is 304 g/mol. The minimum absolute atomic E-state index is 0. The molecule has 108 valence electrons. The van der Waals surface area contributed by atoms with Crippen molar-refractivity contribution < 1.29 is 9.49 Å². The van der Waals surface area contributed by atoms with Crippen molar-refractivity contribution in [2.24, 2.45) is 0 Å². The van der Waals surface area contributed by atoms with Gasteiger partial charge in [-0.1, -0.05) is 24.0 Å². The maximum atomic E-state index is 10.9. The summed E-state index contributed by atoms with van der Waals surface area (Å²) in [7, 11) is 0. The van der Waals surface area contributed by atoms with Gasteiger partial charge in [-0.15, -0.1) is 12.4 Å². The number of rotatable bonds is 4. The summed E-state index contributed by atoms with van der Waals surface area (Å²) in [5.74, 6) is 0.630. The third-order valence-corrected chi connectivity index (χ3v) is 3.05. The van der Waals surface area contributed by atoms with Crippen molar-refractivity contribution in [2.75, 3.05) is 0 Å². The number of hydrogen-bond donors (Lipinski definition) is 0. The summed E-state index contributed by atoms with van der Waals surface area (Å²) in [6.45, 7) is 0.741. The Bertz CT molecular complexity index is 758. The lowest BCUT2D eigenvalue weighted by atomic mass is 10.3. The van der Waals surface area contributed by atoms with E-state index in [1.807, 2.05) is 35.2 Å². The van der Waals surface area contributed by atoms with Gasteiger partial charge < -0.3 is 9.97 Å². The lowest BCUT2D eigenvalue weighted by Gasteiger charge is -2.00. The van der Waals surface area contributed by atoms with Crippen molar-refractivity contribution in [3.63, 3.8) is 0 Å². The molecule has 3 rings (SSSR count). The van der Waals surface area contributed by atoms with Gasteiger partial charge in [0.15, 0.2) is 18.9 Å². The van der Waals surface area contributed by atoms with Crippen LogP contribution in [0.5, 0.6) is 0 Å². The number of nitrogens with zero attached hydrogens (tertiary/aromatic N) is 4. The van der Waals surface area contributed by atoms with Crippen LogP contribution in [0.15, 0.2) is 48.8 Å². The molecule has 21 heavy (non-hydrogen) atoms. The maximum absolute atomic E-state index is 10.9. The predicted molar refractivity (Wildman–Crippen MR) is 79.3 cm³/mol. The fraction of sp³-hybridized carbons (Fsp3) is 0.143. The van der Waals surface area contributed by atoms with Crippen molar-refractivity contribution in [3.05, 3.63) is 64.7 Å². The summed E-state index contributed by atoms with van der Waals surface area (Å²) in [6, 6.07) is 10.7. The zero-order valence-electron chi connectivity index (χ0n) is 11.0. The predicted octanol–water partition coefficient (Wildman–Crippen LogP) is 2.05. The van der Waals surface area contributed by atoms with E-state index in [9.17, 15) is 10.1 Å². The number of aromatic nitrogens is 3. The number of aryl methyl sites for hydroxylation is 2. The van der Waals surface area contributed by atoms with Crippen molar-refractivity contribution in [2.45, 2.75) is 13.0 Å². The quantitative estimate of drug-likeness (QED) is 0.420. The van der Waals surface area contributed by atoms with Crippen LogP contribution in [0.3, 0.4) is 0 Å². The molecule has 0 radical (unpaired) electrons. The Balaban J connectivity index is 0.00000161. The van der Waals surface area contributed by atoms with Crippen LogP contribution in [0.25, 0.3) is 11.0 Å². The average Bonchev–Trinajstić information content (AvgIpc) is 2.88. The molecular formula is C14H13ClN4O2. The van der Waals surface area contributed by atoms with Gasteiger partial charge in [0.2, 0.25) is 0 Å². The smallest absolute Gasteiger partial charge is 0.272 e. The van der Waals surface area contributed by atoms with Gasteiger partial charge in [0.05, 0.1) is 4.92 Å². The van der Waals surface area contributed by atoms with Gasteiger partial charge >= 0.3 is 0 Å². The highest BCUT2D eigenvalue weighted by atomic mass is 35.5. The first kappa shape index (κ1) is 14.9. The number of halogens is 1. The van der Waals surface area contributed by atoms with Crippen LogP contribution in [-0.4, -0.2) is 9.91 Å². The first-order valence-corrected chi connectivity index (χ1v) is 6.25. The van der Waals surface area contributed by atoms with Gasteiger partial charge in [0.1, 0.15) is 0 Å². The fourth-order valence-electron chi connectivity index (χ4n) is 2.09. The first-order chi connectivity index (χ1) is 9.74. The van der Waals surface area contributed by atoms with E-state index < -0.39 is 4.92 Å². The van der Waals surface area contributed by atoms with E-state index in [-0.39, 0.29) is 18.1 Å². The van der Waals surface area contributed by atoms with Crippen molar-refractivity contribution in [1.29, 1.82) is 0 Å². The lowest BCUT2D eigenvalue weighted by molar-refractivity contribution is -0.696.